The second kappa shape index (κ2) is 5.76. The summed E-state index contributed by atoms with van der Waals surface area (Å²) in [4.78, 5) is 4.32. The molecule has 4 nitrogen and oxygen atoms in total. The molecule has 1 N–H and O–H groups in total. The van der Waals surface area contributed by atoms with Gasteiger partial charge >= 0.3 is 0 Å². The molecule has 0 saturated carbocycles. The molecule has 0 radical (unpaired) electrons. The molecule has 0 aliphatic heterocycles. The molecule has 20 heavy (non-hydrogen) atoms. The summed E-state index contributed by atoms with van der Waals surface area (Å²) >= 11 is 4.85. The molecule has 6 heteroatoms. The summed E-state index contributed by atoms with van der Waals surface area (Å²) in [6.45, 7) is 0.749. The quantitative estimate of drug-likeness (QED) is 0.770. The molecule has 102 valence electrons. The highest BCUT2D eigenvalue weighted by molar-refractivity contribution is 9.10. The van der Waals surface area contributed by atoms with E-state index in [1.807, 2.05) is 30.3 Å². The van der Waals surface area contributed by atoms with Crippen LogP contribution < -0.4 is 10.1 Å². The lowest BCUT2D eigenvalue weighted by Crippen LogP contribution is -1.99. The van der Waals surface area contributed by atoms with Crippen molar-refractivity contribution in [1.29, 1.82) is 0 Å². The number of fused-ring (bicyclic) bond motifs is 1. The molecule has 3 aromatic rings. The average molecular weight is 350 g/mol. The summed E-state index contributed by atoms with van der Waals surface area (Å²) in [6, 6.07) is 9.99. The molecule has 1 aromatic carbocycles. The van der Waals surface area contributed by atoms with E-state index in [2.05, 4.69) is 30.6 Å². The van der Waals surface area contributed by atoms with Crippen molar-refractivity contribution in [2.75, 3.05) is 12.4 Å². The minimum atomic E-state index is 0.749. The van der Waals surface area contributed by atoms with Gasteiger partial charge in [-0.05, 0) is 51.2 Å². The maximum Gasteiger partial charge on any atom is 0.146 e. The number of anilines is 1. The van der Waals surface area contributed by atoms with Crippen molar-refractivity contribution in [3.05, 3.63) is 46.7 Å². The van der Waals surface area contributed by atoms with Crippen LogP contribution in [0.3, 0.4) is 0 Å². The van der Waals surface area contributed by atoms with Gasteiger partial charge in [-0.25, -0.2) is 0 Å². The fraction of sp³-hybridized carbons (Fsp3) is 0.143. The standard InChI is InChI=1S/C14H12BrN3OS/c1-19-10-4-2-9(3-5-10)8-17-11-6-7-16-12-13(11)20-18-14(12)15/h2-7H,8H2,1H3,(H,16,17). The largest absolute Gasteiger partial charge is 0.497 e. The highest BCUT2D eigenvalue weighted by atomic mass is 79.9. The molecule has 0 aliphatic rings. The van der Waals surface area contributed by atoms with Crippen LogP contribution in [0.15, 0.2) is 41.1 Å². The molecular formula is C14H12BrN3OS. The Balaban J connectivity index is 1.79. The van der Waals surface area contributed by atoms with Crippen molar-refractivity contribution < 1.29 is 4.74 Å². The number of aromatic nitrogens is 2. The van der Waals surface area contributed by atoms with Gasteiger partial charge in [0.15, 0.2) is 0 Å². The third-order valence-corrected chi connectivity index (χ3v) is 4.62. The van der Waals surface area contributed by atoms with Crippen LogP contribution >= 0.6 is 27.5 Å². The lowest BCUT2D eigenvalue weighted by Gasteiger charge is -2.07. The first kappa shape index (κ1) is 13.3. The van der Waals surface area contributed by atoms with Gasteiger partial charge < -0.3 is 10.1 Å². The van der Waals surface area contributed by atoms with E-state index in [0.29, 0.717) is 0 Å². The number of benzene rings is 1. The van der Waals surface area contributed by atoms with Gasteiger partial charge in [0, 0.05) is 12.7 Å². The predicted octanol–water partition coefficient (Wildman–Crippen LogP) is 4.07. The number of ether oxygens (including phenoxy) is 1. The summed E-state index contributed by atoms with van der Waals surface area (Å²) in [5.74, 6) is 0.867. The minimum absolute atomic E-state index is 0.749. The number of nitrogens with zero attached hydrogens (tertiary/aromatic N) is 2. The zero-order valence-electron chi connectivity index (χ0n) is 10.8. The van der Waals surface area contributed by atoms with E-state index in [-0.39, 0.29) is 0 Å². The zero-order chi connectivity index (χ0) is 13.9. The van der Waals surface area contributed by atoms with Crippen LogP contribution in [0.1, 0.15) is 5.56 Å². The maximum absolute atomic E-state index is 5.15. The monoisotopic (exact) mass is 349 g/mol. The zero-order valence-corrected chi connectivity index (χ0v) is 13.2. The van der Waals surface area contributed by atoms with Crippen molar-refractivity contribution >= 4 is 43.4 Å². The van der Waals surface area contributed by atoms with Crippen LogP contribution in [-0.2, 0) is 6.54 Å². The van der Waals surface area contributed by atoms with Gasteiger partial charge in [-0.2, -0.15) is 4.37 Å². The lowest BCUT2D eigenvalue weighted by atomic mass is 10.2. The van der Waals surface area contributed by atoms with Gasteiger partial charge in [0.25, 0.3) is 0 Å². The number of pyridine rings is 1. The number of hydrogen-bond acceptors (Lipinski definition) is 5. The Hall–Kier alpha value is -1.66. The van der Waals surface area contributed by atoms with E-state index >= 15 is 0 Å². The van der Waals surface area contributed by atoms with E-state index < -0.39 is 0 Å². The first-order valence-electron chi connectivity index (χ1n) is 6.04. The third kappa shape index (κ3) is 2.62. The van der Waals surface area contributed by atoms with Crippen LogP contribution in [0.25, 0.3) is 10.2 Å². The number of rotatable bonds is 4. The highest BCUT2D eigenvalue weighted by Gasteiger charge is 2.08. The normalized spacial score (nSPS) is 10.7. The first-order valence-corrected chi connectivity index (χ1v) is 7.61. The molecule has 0 atom stereocenters. The lowest BCUT2D eigenvalue weighted by molar-refractivity contribution is 0.414. The predicted molar refractivity (Wildman–Crippen MR) is 85.4 cm³/mol. The number of methoxy groups -OCH3 is 1. The van der Waals surface area contributed by atoms with Crippen LogP contribution in [0.5, 0.6) is 5.75 Å². The van der Waals surface area contributed by atoms with Crippen molar-refractivity contribution in [2.24, 2.45) is 0 Å². The van der Waals surface area contributed by atoms with Crippen molar-refractivity contribution in [3.63, 3.8) is 0 Å². The smallest absolute Gasteiger partial charge is 0.146 e. The minimum Gasteiger partial charge on any atom is -0.497 e. The van der Waals surface area contributed by atoms with Crippen molar-refractivity contribution in [3.8, 4) is 5.75 Å². The fourth-order valence-electron chi connectivity index (χ4n) is 1.90. The Bertz CT molecular complexity index is 727. The number of hydrogen-bond donors (Lipinski definition) is 1. The van der Waals surface area contributed by atoms with E-state index in [9.17, 15) is 0 Å². The summed E-state index contributed by atoms with van der Waals surface area (Å²) in [5, 5.41) is 3.42. The van der Waals surface area contributed by atoms with Gasteiger partial charge in [0.05, 0.1) is 17.5 Å². The molecule has 2 heterocycles. The topological polar surface area (TPSA) is 47.0 Å². The first-order chi connectivity index (χ1) is 9.78. The Morgan fingerprint density at radius 1 is 1.25 bits per heavy atom. The van der Waals surface area contributed by atoms with Crippen LogP contribution in [0.4, 0.5) is 5.69 Å². The second-order valence-corrected chi connectivity index (χ2v) is 5.74. The maximum atomic E-state index is 5.15. The SMILES string of the molecule is COc1ccc(CNc2ccnc3c(Br)nsc23)cc1. The average Bonchev–Trinajstić information content (AvgIpc) is 2.88. The Kier molecular flexibility index (Phi) is 3.84. The van der Waals surface area contributed by atoms with Crippen molar-refractivity contribution in [2.45, 2.75) is 6.54 Å². The van der Waals surface area contributed by atoms with E-state index in [1.54, 1.807) is 13.3 Å². The third-order valence-electron chi connectivity index (χ3n) is 2.96. The molecule has 0 amide bonds. The molecule has 0 saturated heterocycles. The molecule has 0 bridgehead atoms. The Labute approximate surface area is 129 Å². The molecule has 0 spiro atoms. The number of nitrogens with one attached hydrogen (secondary N) is 1. The summed E-state index contributed by atoms with van der Waals surface area (Å²) in [7, 11) is 1.67. The Morgan fingerprint density at radius 3 is 2.80 bits per heavy atom. The van der Waals surface area contributed by atoms with Gasteiger partial charge in [0.2, 0.25) is 0 Å². The van der Waals surface area contributed by atoms with E-state index in [4.69, 9.17) is 4.74 Å². The molecule has 3 rings (SSSR count). The summed E-state index contributed by atoms with van der Waals surface area (Å²) < 4.78 is 11.3. The van der Waals surface area contributed by atoms with Crippen LogP contribution in [-0.4, -0.2) is 16.5 Å². The number of halogens is 1. The van der Waals surface area contributed by atoms with Crippen LogP contribution in [0, 0.1) is 0 Å². The van der Waals surface area contributed by atoms with Crippen LogP contribution in [0.2, 0.25) is 0 Å². The summed E-state index contributed by atoms with van der Waals surface area (Å²) in [6.07, 6.45) is 1.79. The van der Waals surface area contributed by atoms with E-state index in [0.717, 1.165) is 32.8 Å². The molecular weight excluding hydrogens is 338 g/mol. The fourth-order valence-corrected chi connectivity index (χ4v) is 3.28. The molecule has 0 unspecified atom stereocenters. The highest BCUT2D eigenvalue weighted by Crippen LogP contribution is 2.31. The van der Waals surface area contributed by atoms with Gasteiger partial charge in [-0.15, -0.1) is 0 Å². The van der Waals surface area contributed by atoms with Crippen molar-refractivity contribution in [1.82, 2.24) is 9.36 Å². The van der Waals surface area contributed by atoms with Gasteiger partial charge in [-0.3, -0.25) is 4.98 Å². The molecule has 2 aromatic heterocycles. The van der Waals surface area contributed by atoms with E-state index in [1.165, 1.54) is 17.1 Å². The summed E-state index contributed by atoms with van der Waals surface area (Å²) in [5.41, 5.74) is 3.14. The second-order valence-electron chi connectivity index (χ2n) is 4.21. The van der Waals surface area contributed by atoms with Gasteiger partial charge in [-0.1, -0.05) is 12.1 Å². The molecule has 0 fully saturated rings. The molecule has 0 aliphatic carbocycles. The van der Waals surface area contributed by atoms with Gasteiger partial charge in [0.1, 0.15) is 15.9 Å². The Morgan fingerprint density at radius 2 is 2.05 bits per heavy atom.